The van der Waals surface area contributed by atoms with Crippen molar-refractivity contribution in [1.29, 1.82) is 0 Å². The number of benzene rings is 1. The van der Waals surface area contributed by atoms with Gasteiger partial charge in [0.25, 0.3) is 0 Å². The van der Waals surface area contributed by atoms with Gasteiger partial charge in [-0.2, -0.15) is 0 Å². The maximum Gasteiger partial charge on any atom is 0.411 e. The molecule has 1 N–H and O–H groups in total. The predicted molar refractivity (Wildman–Crippen MR) is 97.3 cm³/mol. The van der Waals surface area contributed by atoms with Crippen LogP contribution in [0.5, 0.6) is 5.75 Å². The molecule has 2 amide bonds. The molecule has 1 aromatic carbocycles. The number of carbonyl (C=O) groups is 3. The molecule has 0 spiro atoms. The second-order valence-corrected chi connectivity index (χ2v) is 7.07. The number of rotatable bonds is 6. The summed E-state index contributed by atoms with van der Waals surface area (Å²) in [5.41, 5.74) is -0.690. The second kappa shape index (κ2) is 9.25. The van der Waals surface area contributed by atoms with Crippen LogP contribution in [0.15, 0.2) is 30.3 Å². The van der Waals surface area contributed by atoms with Crippen molar-refractivity contribution in [2.24, 2.45) is 0 Å². The third-order valence-corrected chi connectivity index (χ3v) is 3.68. The van der Waals surface area contributed by atoms with Crippen molar-refractivity contribution in [1.82, 2.24) is 10.2 Å². The second-order valence-electron chi connectivity index (χ2n) is 7.07. The molecule has 8 nitrogen and oxygen atoms in total. The smallest absolute Gasteiger partial charge is 0.411 e. The molecule has 0 saturated carbocycles. The Morgan fingerprint density at radius 1 is 1.19 bits per heavy atom. The van der Waals surface area contributed by atoms with E-state index in [1.165, 1.54) is 4.90 Å². The van der Waals surface area contributed by atoms with E-state index in [0.717, 1.165) is 0 Å². The molecule has 2 rings (SSSR count). The molecular weight excluding hydrogens is 352 g/mol. The SMILES string of the molecule is CC(C)(C)OC(=O)N1CCNC(=O)[C@H]1CC(=O)OCCOc1ccccc1. The zero-order valence-corrected chi connectivity index (χ0v) is 15.9. The lowest BCUT2D eigenvalue weighted by Crippen LogP contribution is -2.58. The topological polar surface area (TPSA) is 94.2 Å². The van der Waals surface area contributed by atoms with Gasteiger partial charge in [0.05, 0.1) is 6.42 Å². The number of amides is 2. The Balaban J connectivity index is 1.83. The van der Waals surface area contributed by atoms with E-state index in [0.29, 0.717) is 12.3 Å². The Labute approximate surface area is 158 Å². The van der Waals surface area contributed by atoms with Crippen molar-refractivity contribution in [2.75, 3.05) is 26.3 Å². The number of nitrogens with zero attached hydrogens (tertiary/aromatic N) is 1. The average Bonchev–Trinajstić information content (AvgIpc) is 2.60. The fourth-order valence-electron chi connectivity index (χ4n) is 2.51. The van der Waals surface area contributed by atoms with Crippen LogP contribution in [0.4, 0.5) is 4.79 Å². The van der Waals surface area contributed by atoms with Crippen molar-refractivity contribution in [3.8, 4) is 5.75 Å². The van der Waals surface area contributed by atoms with Crippen LogP contribution in [0.25, 0.3) is 0 Å². The van der Waals surface area contributed by atoms with Crippen LogP contribution in [0, 0.1) is 0 Å². The van der Waals surface area contributed by atoms with Crippen LogP contribution in [-0.4, -0.2) is 60.8 Å². The van der Waals surface area contributed by atoms with E-state index < -0.39 is 29.6 Å². The van der Waals surface area contributed by atoms with E-state index in [2.05, 4.69) is 5.32 Å². The molecule has 1 heterocycles. The normalized spacial score (nSPS) is 17.1. The zero-order valence-electron chi connectivity index (χ0n) is 15.9. The largest absolute Gasteiger partial charge is 0.490 e. The molecule has 0 unspecified atom stereocenters. The van der Waals surface area contributed by atoms with E-state index in [-0.39, 0.29) is 26.2 Å². The molecule has 1 fully saturated rings. The van der Waals surface area contributed by atoms with Crippen LogP contribution in [0.1, 0.15) is 27.2 Å². The zero-order chi connectivity index (χ0) is 19.9. The van der Waals surface area contributed by atoms with E-state index in [1.54, 1.807) is 32.9 Å². The summed E-state index contributed by atoms with van der Waals surface area (Å²) in [7, 11) is 0. The minimum atomic E-state index is -0.948. The summed E-state index contributed by atoms with van der Waals surface area (Å²) >= 11 is 0. The molecule has 0 aromatic heterocycles. The first kappa shape index (κ1) is 20.5. The Morgan fingerprint density at radius 2 is 1.89 bits per heavy atom. The van der Waals surface area contributed by atoms with Gasteiger partial charge in [-0.15, -0.1) is 0 Å². The van der Waals surface area contributed by atoms with Gasteiger partial charge in [-0.1, -0.05) is 18.2 Å². The Hall–Kier alpha value is -2.77. The highest BCUT2D eigenvalue weighted by molar-refractivity contribution is 5.90. The highest BCUT2D eigenvalue weighted by Crippen LogP contribution is 2.16. The summed E-state index contributed by atoms with van der Waals surface area (Å²) in [5.74, 6) is -0.303. The van der Waals surface area contributed by atoms with Gasteiger partial charge in [0.15, 0.2) is 0 Å². The number of piperazine rings is 1. The van der Waals surface area contributed by atoms with Gasteiger partial charge < -0.3 is 19.5 Å². The van der Waals surface area contributed by atoms with Crippen LogP contribution in [0.2, 0.25) is 0 Å². The van der Waals surface area contributed by atoms with Gasteiger partial charge in [0.2, 0.25) is 5.91 Å². The maximum absolute atomic E-state index is 12.3. The number of para-hydroxylation sites is 1. The standard InChI is InChI=1S/C19H26N2O6/c1-19(2,3)27-18(24)21-10-9-20-17(23)15(21)13-16(22)26-12-11-25-14-7-5-4-6-8-14/h4-8,15H,9-13H2,1-3H3,(H,20,23)/t15-/m1/s1. The highest BCUT2D eigenvalue weighted by atomic mass is 16.6. The third kappa shape index (κ3) is 6.80. The number of hydrogen-bond donors (Lipinski definition) is 1. The third-order valence-electron chi connectivity index (χ3n) is 3.68. The Kier molecular flexibility index (Phi) is 7.04. The van der Waals surface area contributed by atoms with Gasteiger partial charge in [-0.3, -0.25) is 14.5 Å². The van der Waals surface area contributed by atoms with Crippen molar-refractivity contribution in [2.45, 2.75) is 38.8 Å². The summed E-state index contributed by atoms with van der Waals surface area (Å²) in [6, 6.07) is 8.21. The molecular formula is C19H26N2O6. The Bertz CT molecular complexity index is 656. The van der Waals surface area contributed by atoms with Gasteiger partial charge >= 0.3 is 12.1 Å². The molecule has 27 heavy (non-hydrogen) atoms. The monoisotopic (exact) mass is 378 g/mol. The quantitative estimate of drug-likeness (QED) is 0.599. The Morgan fingerprint density at radius 3 is 2.56 bits per heavy atom. The first-order valence-corrected chi connectivity index (χ1v) is 8.87. The number of carbonyl (C=O) groups excluding carboxylic acids is 3. The van der Waals surface area contributed by atoms with E-state index in [9.17, 15) is 14.4 Å². The molecule has 148 valence electrons. The van der Waals surface area contributed by atoms with Crippen molar-refractivity contribution in [3.05, 3.63) is 30.3 Å². The molecule has 0 radical (unpaired) electrons. The molecule has 0 aliphatic carbocycles. The molecule has 1 aliphatic rings. The summed E-state index contributed by atoms with van der Waals surface area (Å²) in [4.78, 5) is 37.8. The fraction of sp³-hybridized carbons (Fsp3) is 0.526. The summed E-state index contributed by atoms with van der Waals surface area (Å²) in [6.45, 7) is 6.06. The summed E-state index contributed by atoms with van der Waals surface area (Å²) in [5, 5.41) is 2.65. The minimum absolute atomic E-state index is 0.0501. The lowest BCUT2D eigenvalue weighted by Gasteiger charge is -2.35. The van der Waals surface area contributed by atoms with Crippen LogP contribution in [-0.2, 0) is 19.1 Å². The van der Waals surface area contributed by atoms with Crippen molar-refractivity contribution in [3.63, 3.8) is 0 Å². The fourth-order valence-corrected chi connectivity index (χ4v) is 2.51. The molecule has 0 bridgehead atoms. The predicted octanol–water partition coefficient (Wildman–Crippen LogP) is 1.73. The van der Waals surface area contributed by atoms with Gasteiger partial charge in [-0.05, 0) is 32.9 Å². The van der Waals surface area contributed by atoms with Gasteiger partial charge in [0, 0.05) is 13.1 Å². The van der Waals surface area contributed by atoms with E-state index in [1.807, 2.05) is 18.2 Å². The lowest BCUT2D eigenvalue weighted by molar-refractivity contribution is -0.148. The summed E-state index contributed by atoms with van der Waals surface area (Å²) in [6.07, 6.45) is -0.862. The van der Waals surface area contributed by atoms with E-state index in [4.69, 9.17) is 14.2 Å². The molecule has 1 saturated heterocycles. The molecule has 1 atom stereocenters. The van der Waals surface area contributed by atoms with Crippen molar-refractivity contribution < 1.29 is 28.6 Å². The summed E-state index contributed by atoms with van der Waals surface area (Å²) < 4.78 is 15.9. The number of hydrogen-bond acceptors (Lipinski definition) is 6. The minimum Gasteiger partial charge on any atom is -0.490 e. The van der Waals surface area contributed by atoms with Gasteiger partial charge in [0.1, 0.15) is 30.6 Å². The van der Waals surface area contributed by atoms with Crippen LogP contribution in [0.3, 0.4) is 0 Å². The van der Waals surface area contributed by atoms with E-state index >= 15 is 0 Å². The van der Waals surface area contributed by atoms with Crippen molar-refractivity contribution >= 4 is 18.0 Å². The molecule has 8 heteroatoms. The van der Waals surface area contributed by atoms with Gasteiger partial charge in [-0.25, -0.2) is 4.79 Å². The average molecular weight is 378 g/mol. The highest BCUT2D eigenvalue weighted by Gasteiger charge is 2.37. The number of esters is 1. The molecule has 1 aliphatic heterocycles. The van der Waals surface area contributed by atoms with Crippen LogP contribution < -0.4 is 10.1 Å². The first-order chi connectivity index (χ1) is 12.8. The number of nitrogens with one attached hydrogen (secondary N) is 1. The first-order valence-electron chi connectivity index (χ1n) is 8.87. The lowest BCUT2D eigenvalue weighted by atomic mass is 10.1. The molecule has 1 aromatic rings. The maximum atomic E-state index is 12.3. The van der Waals surface area contributed by atoms with Crippen LogP contribution >= 0.6 is 0 Å². The number of ether oxygens (including phenoxy) is 3.